The summed E-state index contributed by atoms with van der Waals surface area (Å²) in [5.74, 6) is -0.559. The van der Waals surface area contributed by atoms with Crippen LogP contribution >= 0.6 is 0 Å². The number of hydrogen-bond acceptors (Lipinski definition) is 6. The van der Waals surface area contributed by atoms with E-state index in [1.807, 2.05) is 35.2 Å². The number of carbonyl (C=O) groups is 2. The highest BCUT2D eigenvalue weighted by atomic mass is 32.2. The Hall–Kier alpha value is -2.78. The van der Waals surface area contributed by atoms with Crippen molar-refractivity contribution in [2.75, 3.05) is 19.3 Å². The average Bonchev–Trinajstić information content (AvgIpc) is 3.27. The van der Waals surface area contributed by atoms with Crippen molar-refractivity contribution in [3.63, 3.8) is 0 Å². The Kier molecular flexibility index (Phi) is 9.05. The smallest absolute Gasteiger partial charge is 0.253 e. The molecule has 2 aromatic rings. The molecule has 9 heteroatoms. The normalized spacial score (nSPS) is 24.1. The minimum atomic E-state index is -3.38. The van der Waals surface area contributed by atoms with Crippen molar-refractivity contribution >= 4 is 21.7 Å². The van der Waals surface area contributed by atoms with E-state index in [1.54, 1.807) is 33.0 Å². The molecule has 1 unspecified atom stereocenters. The lowest BCUT2D eigenvalue weighted by Crippen LogP contribution is -2.53. The third-order valence-electron chi connectivity index (χ3n) is 8.72. The first-order valence-corrected chi connectivity index (χ1v) is 16.0. The third-order valence-corrected chi connectivity index (χ3v) is 11.5. The van der Waals surface area contributed by atoms with E-state index in [0.717, 1.165) is 30.4 Å². The Morgan fingerprint density at radius 1 is 1.10 bits per heavy atom. The van der Waals surface area contributed by atoms with Crippen molar-refractivity contribution < 1.29 is 18.0 Å². The summed E-state index contributed by atoms with van der Waals surface area (Å²) in [6.45, 7) is 10.0. The predicted octanol–water partition coefficient (Wildman–Crippen LogP) is 4.17. The lowest BCUT2D eigenvalue weighted by Gasteiger charge is -2.45. The molecule has 0 spiro atoms. The Bertz CT molecular complexity index is 1310. The quantitative estimate of drug-likeness (QED) is 0.513. The predicted molar refractivity (Wildman–Crippen MR) is 159 cm³/mol. The van der Waals surface area contributed by atoms with Crippen LogP contribution in [0.3, 0.4) is 0 Å². The molecule has 1 saturated heterocycles. The summed E-state index contributed by atoms with van der Waals surface area (Å²) in [7, 11) is -1.28. The van der Waals surface area contributed by atoms with Crippen molar-refractivity contribution in [2.24, 2.45) is 5.92 Å². The molecule has 40 heavy (non-hydrogen) atoms. The molecule has 1 aliphatic carbocycles. The maximum Gasteiger partial charge on any atom is 0.253 e. The molecule has 8 nitrogen and oxygen atoms in total. The molecule has 4 rings (SSSR count). The monoisotopic (exact) mass is 568 g/mol. The highest BCUT2D eigenvalue weighted by Gasteiger charge is 2.45. The maximum atomic E-state index is 13.6. The number of sulfone groups is 1. The summed E-state index contributed by atoms with van der Waals surface area (Å²) in [5.41, 5.74) is 2.19. The van der Waals surface area contributed by atoms with Gasteiger partial charge in [0.15, 0.2) is 9.84 Å². The molecule has 1 aromatic heterocycles. The zero-order chi connectivity index (χ0) is 29.2. The van der Waals surface area contributed by atoms with Gasteiger partial charge in [-0.05, 0) is 84.9 Å². The van der Waals surface area contributed by atoms with Crippen molar-refractivity contribution in [1.82, 2.24) is 20.1 Å². The zero-order valence-electron chi connectivity index (χ0n) is 24.6. The number of likely N-dealkylation sites (tertiary alicyclic amines) is 1. The Morgan fingerprint density at radius 2 is 1.80 bits per heavy atom. The van der Waals surface area contributed by atoms with E-state index in [4.69, 9.17) is 0 Å². The van der Waals surface area contributed by atoms with Crippen molar-refractivity contribution in [2.45, 2.75) is 89.2 Å². The van der Waals surface area contributed by atoms with Gasteiger partial charge in [-0.1, -0.05) is 30.3 Å². The molecule has 1 N–H and O–H groups in total. The number of aromatic nitrogens is 1. The van der Waals surface area contributed by atoms with Gasteiger partial charge in [-0.2, -0.15) is 0 Å². The maximum absolute atomic E-state index is 13.6. The zero-order valence-corrected chi connectivity index (χ0v) is 25.4. The van der Waals surface area contributed by atoms with Gasteiger partial charge in [0.05, 0.1) is 16.1 Å². The third kappa shape index (κ3) is 6.57. The molecular weight excluding hydrogens is 524 g/mol. The molecule has 2 fully saturated rings. The topological polar surface area (TPSA) is 99.7 Å². The van der Waals surface area contributed by atoms with Crippen LogP contribution in [0.2, 0.25) is 0 Å². The van der Waals surface area contributed by atoms with Crippen LogP contribution in [0.25, 0.3) is 11.1 Å². The van der Waals surface area contributed by atoms with Gasteiger partial charge in [0.25, 0.3) is 5.91 Å². The van der Waals surface area contributed by atoms with Crippen molar-refractivity contribution in [3.8, 4) is 11.1 Å². The van der Waals surface area contributed by atoms with Crippen LogP contribution in [0.4, 0.5) is 0 Å². The second kappa shape index (κ2) is 12.0. The van der Waals surface area contributed by atoms with E-state index in [9.17, 15) is 18.0 Å². The van der Waals surface area contributed by atoms with Crippen LogP contribution in [-0.2, 0) is 14.6 Å². The molecular formula is C31H44N4O4S. The minimum absolute atomic E-state index is 0.0579. The van der Waals surface area contributed by atoms with E-state index in [2.05, 4.69) is 36.1 Å². The largest absolute Gasteiger partial charge is 0.340 e. The molecule has 1 aromatic carbocycles. The number of nitrogens with one attached hydrogen (secondary N) is 1. The van der Waals surface area contributed by atoms with Gasteiger partial charge in [0, 0.05) is 42.6 Å². The van der Waals surface area contributed by atoms with E-state index in [1.165, 1.54) is 6.20 Å². The van der Waals surface area contributed by atoms with Gasteiger partial charge in [-0.15, -0.1) is 0 Å². The van der Waals surface area contributed by atoms with Crippen LogP contribution < -0.4 is 5.32 Å². The molecule has 4 atom stereocenters. The van der Waals surface area contributed by atoms with Crippen molar-refractivity contribution in [3.05, 3.63) is 54.4 Å². The highest BCUT2D eigenvalue weighted by Crippen LogP contribution is 2.36. The standard InChI is InChI=1S/C31H44N4O4S/c1-21(2)34(6)26-12-13-28(25(17-26)20-40(38,39)31(3,4)5)35-15-14-27(30(35)37)33-29(36)24-16-23(18-32-19-24)22-10-8-7-9-11-22/h7-11,16,18-19,21,25-28H,12-15,17,20H2,1-6H3,(H,33,36)/t25-,26+,27?,28-/m0/s1. The van der Waals surface area contributed by atoms with Gasteiger partial charge in [-0.25, -0.2) is 8.42 Å². The first kappa shape index (κ1) is 30.2. The fraction of sp³-hybridized carbons (Fsp3) is 0.581. The summed E-state index contributed by atoms with van der Waals surface area (Å²) >= 11 is 0. The minimum Gasteiger partial charge on any atom is -0.340 e. The molecule has 1 aliphatic heterocycles. The van der Waals surface area contributed by atoms with E-state index >= 15 is 0 Å². The number of carbonyl (C=O) groups excluding carboxylic acids is 2. The fourth-order valence-electron chi connectivity index (χ4n) is 5.90. The van der Waals surface area contributed by atoms with Gasteiger partial charge < -0.3 is 15.1 Å². The average molecular weight is 569 g/mol. The van der Waals surface area contributed by atoms with Gasteiger partial charge in [0.2, 0.25) is 5.91 Å². The summed E-state index contributed by atoms with van der Waals surface area (Å²) < 4.78 is 25.7. The molecule has 1 saturated carbocycles. The first-order valence-electron chi connectivity index (χ1n) is 14.3. The van der Waals surface area contributed by atoms with Crippen LogP contribution in [0.1, 0.15) is 70.7 Å². The van der Waals surface area contributed by atoms with Crippen LogP contribution in [0, 0.1) is 5.92 Å². The first-order chi connectivity index (χ1) is 18.8. The van der Waals surface area contributed by atoms with Crippen molar-refractivity contribution in [1.29, 1.82) is 0 Å². The number of nitrogens with zero attached hydrogens (tertiary/aromatic N) is 3. The Morgan fingerprint density at radius 3 is 2.45 bits per heavy atom. The summed E-state index contributed by atoms with van der Waals surface area (Å²) in [4.78, 5) is 35.2. The highest BCUT2D eigenvalue weighted by molar-refractivity contribution is 7.92. The van der Waals surface area contributed by atoms with Gasteiger partial charge in [-0.3, -0.25) is 14.6 Å². The number of hydrogen-bond donors (Lipinski definition) is 1. The number of amides is 2. The molecule has 218 valence electrons. The SMILES string of the molecule is CC(C)N(C)[C@@H]1CC[C@H](N2CCC(NC(=O)c3cncc(-c4ccccc4)c3)C2=O)[C@H](CS(=O)(=O)C(C)(C)C)C1. The molecule has 2 amide bonds. The van der Waals surface area contributed by atoms with Gasteiger partial charge >= 0.3 is 0 Å². The van der Waals surface area contributed by atoms with Crippen LogP contribution in [0.5, 0.6) is 0 Å². The summed E-state index contributed by atoms with van der Waals surface area (Å²) in [6, 6.07) is 11.3. The second-order valence-electron chi connectivity index (χ2n) is 12.6. The van der Waals surface area contributed by atoms with E-state index in [0.29, 0.717) is 24.6 Å². The number of rotatable bonds is 8. The van der Waals surface area contributed by atoms with Crippen LogP contribution in [0.15, 0.2) is 48.8 Å². The molecule has 2 aliphatic rings. The fourth-order valence-corrected chi connectivity index (χ4v) is 7.32. The second-order valence-corrected chi connectivity index (χ2v) is 15.4. The molecule has 0 radical (unpaired) electrons. The number of benzene rings is 1. The summed E-state index contributed by atoms with van der Waals surface area (Å²) in [5, 5.41) is 2.93. The van der Waals surface area contributed by atoms with Crippen LogP contribution in [-0.4, -0.2) is 83.3 Å². The Balaban J connectivity index is 1.49. The summed E-state index contributed by atoms with van der Waals surface area (Å²) in [6.07, 6.45) is 6.12. The molecule has 2 heterocycles. The lowest BCUT2D eigenvalue weighted by molar-refractivity contribution is -0.133. The number of pyridine rings is 1. The van der Waals surface area contributed by atoms with E-state index in [-0.39, 0.29) is 35.6 Å². The van der Waals surface area contributed by atoms with Gasteiger partial charge in [0.1, 0.15) is 6.04 Å². The Labute approximate surface area is 239 Å². The molecule has 0 bridgehead atoms. The lowest BCUT2D eigenvalue weighted by atomic mass is 9.81. The van der Waals surface area contributed by atoms with E-state index < -0.39 is 20.6 Å².